The molecule has 0 saturated carbocycles. The van der Waals surface area contributed by atoms with Crippen molar-refractivity contribution in [2.75, 3.05) is 0 Å². The number of Topliss-reactive ketones (excluding diaryl/α,β-unsaturated/α-hetero) is 1. The first-order chi connectivity index (χ1) is 6.72. The van der Waals surface area contributed by atoms with Gasteiger partial charge in [0.05, 0.1) is 0 Å². The van der Waals surface area contributed by atoms with Gasteiger partial charge in [0.15, 0.2) is 0 Å². The van der Waals surface area contributed by atoms with Crippen LogP contribution in [0, 0.1) is 0 Å². The first-order valence-corrected chi connectivity index (χ1v) is 4.94. The molecule has 0 atom stereocenters. The number of benzene rings is 1. The Balaban J connectivity index is 2.46. The lowest BCUT2D eigenvalue weighted by atomic mass is 10.0. The number of carbonyl (C=O) groups is 1. The average Bonchev–Trinajstić information content (AvgIpc) is 2.19. The second-order valence-corrected chi connectivity index (χ2v) is 3.48. The lowest BCUT2D eigenvalue weighted by molar-refractivity contribution is -0.117. The second-order valence-electron chi connectivity index (χ2n) is 3.48. The molecule has 0 aromatic heterocycles. The zero-order chi connectivity index (χ0) is 10.4. The molecule has 1 aromatic rings. The fourth-order valence-electron chi connectivity index (χ4n) is 1.29. The molecule has 0 unspecified atom stereocenters. The van der Waals surface area contributed by atoms with E-state index in [9.17, 15) is 4.79 Å². The lowest BCUT2D eigenvalue weighted by Crippen LogP contribution is -2.03. The molecule has 0 amide bonds. The molecule has 0 saturated heterocycles. The summed E-state index contributed by atoms with van der Waals surface area (Å²) in [6.07, 6.45) is 1.94. The molecule has 1 nitrogen and oxygen atoms in total. The highest BCUT2D eigenvalue weighted by molar-refractivity contribution is 5.82. The van der Waals surface area contributed by atoms with Gasteiger partial charge in [0.1, 0.15) is 5.78 Å². The molecule has 0 heterocycles. The Morgan fingerprint density at radius 1 is 1.29 bits per heavy atom. The van der Waals surface area contributed by atoms with Crippen LogP contribution in [0.15, 0.2) is 42.5 Å². The van der Waals surface area contributed by atoms with Crippen LogP contribution >= 0.6 is 0 Å². The summed E-state index contributed by atoms with van der Waals surface area (Å²) in [7, 11) is 0. The van der Waals surface area contributed by atoms with E-state index < -0.39 is 0 Å². The summed E-state index contributed by atoms with van der Waals surface area (Å²) < 4.78 is 0. The standard InChI is InChI=1S/C13H16O/c1-3-11(2)9-13(14)10-12-7-5-4-6-8-12/h4-8H,2-3,9-10H2,1H3. The molecule has 0 aliphatic carbocycles. The van der Waals surface area contributed by atoms with Crippen molar-refractivity contribution >= 4 is 5.78 Å². The van der Waals surface area contributed by atoms with Crippen LogP contribution in [0.3, 0.4) is 0 Å². The first-order valence-electron chi connectivity index (χ1n) is 4.94. The van der Waals surface area contributed by atoms with Gasteiger partial charge in [-0.05, 0) is 12.0 Å². The van der Waals surface area contributed by atoms with Crippen molar-refractivity contribution in [1.82, 2.24) is 0 Å². The van der Waals surface area contributed by atoms with Crippen molar-refractivity contribution in [3.8, 4) is 0 Å². The van der Waals surface area contributed by atoms with E-state index in [1.54, 1.807) is 0 Å². The highest BCUT2D eigenvalue weighted by Crippen LogP contribution is 2.07. The van der Waals surface area contributed by atoms with Crippen molar-refractivity contribution in [1.29, 1.82) is 0 Å². The molecule has 74 valence electrons. The van der Waals surface area contributed by atoms with E-state index in [1.165, 1.54) is 0 Å². The third-order valence-electron chi connectivity index (χ3n) is 2.19. The molecule has 0 aliphatic heterocycles. The summed E-state index contributed by atoms with van der Waals surface area (Å²) in [6.45, 7) is 5.86. The van der Waals surface area contributed by atoms with Crippen molar-refractivity contribution < 1.29 is 4.79 Å². The molecule has 1 heteroatoms. The van der Waals surface area contributed by atoms with Crippen LogP contribution in [0.2, 0.25) is 0 Å². The lowest BCUT2D eigenvalue weighted by Gasteiger charge is -2.02. The van der Waals surface area contributed by atoms with Gasteiger partial charge in [0.25, 0.3) is 0 Å². The van der Waals surface area contributed by atoms with Crippen molar-refractivity contribution in [2.45, 2.75) is 26.2 Å². The predicted octanol–water partition coefficient (Wildman–Crippen LogP) is 3.15. The number of hydrogen-bond acceptors (Lipinski definition) is 1. The summed E-state index contributed by atoms with van der Waals surface area (Å²) in [5.41, 5.74) is 2.10. The number of allylic oxidation sites excluding steroid dienone is 1. The molecule has 0 fully saturated rings. The van der Waals surface area contributed by atoms with E-state index in [1.807, 2.05) is 37.3 Å². The van der Waals surface area contributed by atoms with Crippen LogP contribution in [0.25, 0.3) is 0 Å². The summed E-state index contributed by atoms with van der Waals surface area (Å²) in [5.74, 6) is 0.253. The van der Waals surface area contributed by atoms with Gasteiger partial charge >= 0.3 is 0 Å². The van der Waals surface area contributed by atoms with Gasteiger partial charge in [-0.2, -0.15) is 0 Å². The third-order valence-corrected chi connectivity index (χ3v) is 2.19. The monoisotopic (exact) mass is 188 g/mol. The van der Waals surface area contributed by atoms with E-state index in [0.29, 0.717) is 12.8 Å². The highest BCUT2D eigenvalue weighted by atomic mass is 16.1. The van der Waals surface area contributed by atoms with Crippen LogP contribution in [0.5, 0.6) is 0 Å². The molecular formula is C13H16O. The Labute approximate surface area is 85.5 Å². The number of carbonyl (C=O) groups excluding carboxylic acids is 1. The Morgan fingerprint density at radius 3 is 2.50 bits per heavy atom. The average molecular weight is 188 g/mol. The van der Waals surface area contributed by atoms with Crippen LogP contribution in [-0.4, -0.2) is 5.78 Å². The molecule has 1 aromatic carbocycles. The van der Waals surface area contributed by atoms with Crippen LogP contribution < -0.4 is 0 Å². The van der Waals surface area contributed by atoms with Gasteiger partial charge in [-0.1, -0.05) is 49.4 Å². The van der Waals surface area contributed by atoms with Crippen molar-refractivity contribution in [3.63, 3.8) is 0 Å². The van der Waals surface area contributed by atoms with E-state index in [2.05, 4.69) is 6.58 Å². The highest BCUT2D eigenvalue weighted by Gasteiger charge is 2.04. The van der Waals surface area contributed by atoms with Crippen LogP contribution in [-0.2, 0) is 11.2 Å². The summed E-state index contributed by atoms with van der Waals surface area (Å²) >= 11 is 0. The zero-order valence-electron chi connectivity index (χ0n) is 8.62. The maximum Gasteiger partial charge on any atom is 0.141 e. The van der Waals surface area contributed by atoms with Gasteiger partial charge in [0.2, 0.25) is 0 Å². The smallest absolute Gasteiger partial charge is 0.141 e. The quantitative estimate of drug-likeness (QED) is 0.649. The van der Waals surface area contributed by atoms with E-state index in [4.69, 9.17) is 0 Å². The minimum absolute atomic E-state index is 0.253. The Kier molecular flexibility index (Phi) is 4.11. The maximum absolute atomic E-state index is 11.5. The summed E-state index contributed by atoms with van der Waals surface area (Å²) in [5, 5.41) is 0. The van der Waals surface area contributed by atoms with Crippen LogP contribution in [0.1, 0.15) is 25.3 Å². The Morgan fingerprint density at radius 2 is 1.93 bits per heavy atom. The second kappa shape index (κ2) is 5.38. The fraction of sp³-hybridized carbons (Fsp3) is 0.308. The number of rotatable bonds is 5. The molecule has 0 aliphatic rings. The van der Waals surface area contributed by atoms with Gasteiger partial charge < -0.3 is 0 Å². The first kappa shape index (κ1) is 10.7. The van der Waals surface area contributed by atoms with Gasteiger partial charge in [-0.15, -0.1) is 0 Å². The summed E-state index contributed by atoms with van der Waals surface area (Å²) in [4.78, 5) is 11.5. The zero-order valence-corrected chi connectivity index (χ0v) is 8.62. The SMILES string of the molecule is C=C(CC)CC(=O)Cc1ccccc1. The predicted molar refractivity (Wildman–Crippen MR) is 59.2 cm³/mol. The number of hydrogen-bond donors (Lipinski definition) is 0. The van der Waals surface area contributed by atoms with E-state index in [-0.39, 0.29) is 5.78 Å². The van der Waals surface area contributed by atoms with Crippen molar-refractivity contribution in [3.05, 3.63) is 48.0 Å². The van der Waals surface area contributed by atoms with E-state index in [0.717, 1.165) is 17.6 Å². The topological polar surface area (TPSA) is 17.1 Å². The van der Waals surface area contributed by atoms with Gasteiger partial charge in [-0.3, -0.25) is 4.79 Å². The van der Waals surface area contributed by atoms with Gasteiger partial charge in [-0.25, -0.2) is 0 Å². The summed E-state index contributed by atoms with van der Waals surface area (Å²) in [6, 6.07) is 9.83. The maximum atomic E-state index is 11.5. The van der Waals surface area contributed by atoms with E-state index >= 15 is 0 Å². The fourth-order valence-corrected chi connectivity index (χ4v) is 1.29. The molecule has 0 bridgehead atoms. The Hall–Kier alpha value is -1.37. The molecule has 0 N–H and O–H groups in total. The van der Waals surface area contributed by atoms with Gasteiger partial charge in [0, 0.05) is 12.8 Å². The Bertz CT molecular complexity index is 311. The number of ketones is 1. The molecule has 14 heavy (non-hydrogen) atoms. The van der Waals surface area contributed by atoms with Crippen molar-refractivity contribution in [2.24, 2.45) is 0 Å². The molecule has 0 radical (unpaired) electrons. The normalized spacial score (nSPS) is 9.79. The molecule has 0 spiro atoms. The minimum Gasteiger partial charge on any atom is -0.299 e. The molecular weight excluding hydrogens is 172 g/mol. The van der Waals surface area contributed by atoms with Crippen LogP contribution in [0.4, 0.5) is 0 Å². The largest absolute Gasteiger partial charge is 0.299 e. The molecule has 1 rings (SSSR count). The minimum atomic E-state index is 0.253. The third kappa shape index (κ3) is 3.56.